The number of hydrogen-bond acceptors (Lipinski definition) is 3. The molecule has 2 rings (SSSR count). The van der Waals surface area contributed by atoms with Gasteiger partial charge in [0.05, 0.1) is 11.5 Å². The van der Waals surface area contributed by atoms with Crippen LogP contribution in [-0.2, 0) is 0 Å². The molecule has 0 aliphatic rings. The Bertz CT molecular complexity index is 714. The van der Waals surface area contributed by atoms with Gasteiger partial charge in [0.25, 0.3) is 0 Å². The van der Waals surface area contributed by atoms with Crippen molar-refractivity contribution in [3.63, 3.8) is 0 Å². The highest BCUT2D eigenvalue weighted by Gasteiger charge is 2.08. The second-order valence-corrected chi connectivity index (χ2v) is 4.64. The van der Waals surface area contributed by atoms with Crippen LogP contribution in [0.15, 0.2) is 35.3 Å². The second-order valence-electron chi connectivity index (χ2n) is 4.64. The largest absolute Gasteiger partial charge is 0.545 e. The highest BCUT2D eigenvalue weighted by molar-refractivity contribution is 5.85. The SMILES string of the molecule is Cc1ccc(-n2cc(C(=O)[O-])c(=O)cc2C)c(C)c1. The standard InChI is InChI=1S/C15H15NO3/c1-9-4-5-13(10(2)6-9)16-8-12(15(18)19)14(17)7-11(16)3/h4-8H,1-3H3,(H,18,19)/p-1. The average Bonchev–Trinajstić information content (AvgIpc) is 2.30. The van der Waals surface area contributed by atoms with Gasteiger partial charge < -0.3 is 14.5 Å². The summed E-state index contributed by atoms with van der Waals surface area (Å²) in [4.78, 5) is 22.5. The van der Waals surface area contributed by atoms with Crippen molar-refractivity contribution in [2.24, 2.45) is 0 Å². The van der Waals surface area contributed by atoms with E-state index in [1.165, 1.54) is 12.3 Å². The summed E-state index contributed by atoms with van der Waals surface area (Å²) < 4.78 is 1.70. The normalized spacial score (nSPS) is 10.5. The molecule has 4 heteroatoms. The van der Waals surface area contributed by atoms with Crippen LogP contribution in [0.2, 0.25) is 0 Å². The van der Waals surface area contributed by atoms with Gasteiger partial charge in [-0.25, -0.2) is 0 Å². The first-order valence-corrected chi connectivity index (χ1v) is 5.92. The third-order valence-electron chi connectivity index (χ3n) is 3.08. The molecule has 19 heavy (non-hydrogen) atoms. The summed E-state index contributed by atoms with van der Waals surface area (Å²) in [6, 6.07) is 7.16. The van der Waals surface area contributed by atoms with E-state index in [0.717, 1.165) is 16.8 Å². The van der Waals surface area contributed by atoms with Crippen LogP contribution in [0.25, 0.3) is 5.69 Å². The summed E-state index contributed by atoms with van der Waals surface area (Å²) in [7, 11) is 0. The number of nitrogens with zero attached hydrogens (tertiary/aromatic N) is 1. The van der Waals surface area contributed by atoms with Gasteiger partial charge in [-0.1, -0.05) is 17.7 Å². The molecule has 0 spiro atoms. The molecule has 0 bridgehead atoms. The molecule has 4 nitrogen and oxygen atoms in total. The van der Waals surface area contributed by atoms with Crippen LogP contribution in [0, 0.1) is 20.8 Å². The Balaban J connectivity index is 2.71. The third kappa shape index (κ3) is 2.42. The van der Waals surface area contributed by atoms with E-state index >= 15 is 0 Å². The average molecular weight is 256 g/mol. The van der Waals surface area contributed by atoms with Crippen LogP contribution < -0.4 is 10.5 Å². The molecular weight excluding hydrogens is 242 g/mol. The van der Waals surface area contributed by atoms with Gasteiger partial charge in [-0.15, -0.1) is 0 Å². The molecule has 0 fully saturated rings. The second kappa shape index (κ2) is 4.72. The fourth-order valence-electron chi connectivity index (χ4n) is 2.12. The van der Waals surface area contributed by atoms with E-state index in [-0.39, 0.29) is 5.56 Å². The molecule has 0 radical (unpaired) electrons. The summed E-state index contributed by atoms with van der Waals surface area (Å²) >= 11 is 0. The van der Waals surface area contributed by atoms with E-state index in [1.807, 2.05) is 32.0 Å². The van der Waals surface area contributed by atoms with Gasteiger partial charge in [-0.2, -0.15) is 0 Å². The van der Waals surface area contributed by atoms with Crippen molar-refractivity contribution in [1.82, 2.24) is 4.57 Å². The van der Waals surface area contributed by atoms with Gasteiger partial charge in [-0.3, -0.25) is 4.79 Å². The fourth-order valence-corrected chi connectivity index (χ4v) is 2.12. The van der Waals surface area contributed by atoms with E-state index in [2.05, 4.69) is 0 Å². The lowest BCUT2D eigenvalue weighted by Crippen LogP contribution is -2.30. The molecule has 0 saturated carbocycles. The van der Waals surface area contributed by atoms with Crippen LogP contribution >= 0.6 is 0 Å². The van der Waals surface area contributed by atoms with Crippen molar-refractivity contribution in [3.05, 3.63) is 63.1 Å². The van der Waals surface area contributed by atoms with Gasteiger partial charge in [-0.05, 0) is 32.4 Å². The molecule has 0 N–H and O–H groups in total. The third-order valence-corrected chi connectivity index (χ3v) is 3.08. The molecule has 0 aliphatic carbocycles. The summed E-state index contributed by atoms with van der Waals surface area (Å²) in [6.07, 6.45) is 1.32. The van der Waals surface area contributed by atoms with Crippen molar-refractivity contribution < 1.29 is 9.90 Å². The zero-order chi connectivity index (χ0) is 14.2. The monoisotopic (exact) mass is 256 g/mol. The number of benzene rings is 1. The molecule has 1 aromatic carbocycles. The number of aromatic carboxylic acids is 1. The van der Waals surface area contributed by atoms with Gasteiger partial charge in [0.2, 0.25) is 0 Å². The number of aromatic nitrogens is 1. The zero-order valence-electron chi connectivity index (χ0n) is 11.1. The Morgan fingerprint density at radius 1 is 1.16 bits per heavy atom. The lowest BCUT2D eigenvalue weighted by atomic mass is 10.1. The van der Waals surface area contributed by atoms with Crippen LogP contribution in [0.3, 0.4) is 0 Å². The van der Waals surface area contributed by atoms with Crippen LogP contribution in [0.1, 0.15) is 27.2 Å². The summed E-state index contributed by atoms with van der Waals surface area (Å²) in [5, 5.41) is 10.9. The first-order valence-electron chi connectivity index (χ1n) is 5.92. The Kier molecular flexibility index (Phi) is 3.25. The number of hydrogen-bond donors (Lipinski definition) is 0. The topological polar surface area (TPSA) is 62.1 Å². The predicted octanol–water partition coefficient (Wildman–Crippen LogP) is 1.13. The lowest BCUT2D eigenvalue weighted by Gasteiger charge is -2.15. The van der Waals surface area contributed by atoms with E-state index in [9.17, 15) is 14.7 Å². The van der Waals surface area contributed by atoms with E-state index < -0.39 is 11.4 Å². The molecule has 1 heterocycles. The fraction of sp³-hybridized carbons (Fsp3) is 0.200. The number of carboxylic acids is 1. The molecule has 0 aliphatic heterocycles. The minimum atomic E-state index is -1.46. The van der Waals surface area contributed by atoms with Crippen molar-refractivity contribution in [2.45, 2.75) is 20.8 Å². The molecule has 2 aromatic rings. The Morgan fingerprint density at radius 2 is 1.84 bits per heavy atom. The first kappa shape index (κ1) is 13.1. The Labute approximate surface area is 110 Å². The van der Waals surface area contributed by atoms with E-state index in [1.54, 1.807) is 11.5 Å². The molecule has 0 amide bonds. The van der Waals surface area contributed by atoms with E-state index in [0.29, 0.717) is 5.69 Å². The number of carbonyl (C=O) groups is 1. The summed E-state index contributed by atoms with van der Waals surface area (Å²) in [5.41, 5.74) is 2.81. The van der Waals surface area contributed by atoms with Crippen molar-refractivity contribution in [1.29, 1.82) is 0 Å². The Morgan fingerprint density at radius 3 is 2.42 bits per heavy atom. The van der Waals surface area contributed by atoms with Crippen molar-refractivity contribution >= 4 is 5.97 Å². The number of pyridine rings is 1. The van der Waals surface area contributed by atoms with E-state index in [4.69, 9.17) is 0 Å². The van der Waals surface area contributed by atoms with Gasteiger partial charge in [0.15, 0.2) is 5.43 Å². The maximum Gasteiger partial charge on any atom is 0.190 e. The molecule has 1 aromatic heterocycles. The minimum absolute atomic E-state index is 0.328. The number of carbonyl (C=O) groups excluding carboxylic acids is 1. The van der Waals surface area contributed by atoms with Gasteiger partial charge in [0, 0.05) is 23.6 Å². The minimum Gasteiger partial charge on any atom is -0.545 e. The molecule has 0 atom stereocenters. The lowest BCUT2D eigenvalue weighted by molar-refractivity contribution is -0.255. The number of rotatable bonds is 2. The van der Waals surface area contributed by atoms with Crippen molar-refractivity contribution in [2.75, 3.05) is 0 Å². The highest BCUT2D eigenvalue weighted by atomic mass is 16.4. The number of aryl methyl sites for hydroxylation is 3. The summed E-state index contributed by atoms with van der Waals surface area (Å²) in [5.74, 6) is -1.46. The molecule has 0 unspecified atom stereocenters. The molecule has 98 valence electrons. The zero-order valence-corrected chi connectivity index (χ0v) is 11.1. The molecule has 0 saturated heterocycles. The predicted molar refractivity (Wildman–Crippen MR) is 70.6 cm³/mol. The summed E-state index contributed by atoms with van der Waals surface area (Å²) in [6.45, 7) is 5.69. The van der Waals surface area contributed by atoms with Crippen LogP contribution in [-0.4, -0.2) is 10.5 Å². The molecular formula is C15H14NO3-. The van der Waals surface area contributed by atoms with Crippen LogP contribution in [0.4, 0.5) is 0 Å². The maximum atomic E-state index is 11.6. The first-order chi connectivity index (χ1) is 8.90. The maximum absolute atomic E-state index is 11.6. The van der Waals surface area contributed by atoms with Crippen molar-refractivity contribution in [3.8, 4) is 5.69 Å². The quantitative estimate of drug-likeness (QED) is 0.809. The van der Waals surface area contributed by atoms with Gasteiger partial charge >= 0.3 is 0 Å². The van der Waals surface area contributed by atoms with Gasteiger partial charge in [0.1, 0.15) is 0 Å². The van der Waals surface area contributed by atoms with Crippen LogP contribution in [0.5, 0.6) is 0 Å². The smallest absolute Gasteiger partial charge is 0.190 e. The highest BCUT2D eigenvalue weighted by Crippen LogP contribution is 2.17. The Hall–Kier alpha value is -2.36. The number of carboxylic acid groups (broad SMARTS) is 1.